The topological polar surface area (TPSA) is 98.6 Å². The van der Waals surface area contributed by atoms with E-state index in [1.165, 1.54) is 36.4 Å². The number of nitrogens with two attached hydrogens (primary N) is 1. The number of nitro benzene ring substituents is 1. The van der Waals surface area contributed by atoms with E-state index in [1.807, 2.05) is 0 Å². The molecule has 0 aliphatic carbocycles. The number of rotatable bonds is 3. The number of phenolic OH excluding ortho intramolecular Hbond substituents is 1. The van der Waals surface area contributed by atoms with Crippen molar-refractivity contribution in [3.63, 3.8) is 0 Å². The fourth-order valence-corrected chi connectivity index (χ4v) is 1.72. The van der Waals surface area contributed by atoms with E-state index in [0.717, 1.165) is 0 Å². The Kier molecular flexibility index (Phi) is 3.43. The van der Waals surface area contributed by atoms with Gasteiger partial charge in [-0.15, -0.1) is 0 Å². The summed E-state index contributed by atoms with van der Waals surface area (Å²) in [5.41, 5.74) is 5.75. The maximum Gasteiger partial charge on any atom is 0.269 e. The first kappa shape index (κ1) is 13.0. The molecule has 0 saturated heterocycles. The third-order valence-electron chi connectivity index (χ3n) is 2.31. The van der Waals surface area contributed by atoms with Gasteiger partial charge in [0.1, 0.15) is 5.75 Å². The van der Waals surface area contributed by atoms with Crippen molar-refractivity contribution in [2.45, 2.75) is 0 Å². The van der Waals surface area contributed by atoms with Gasteiger partial charge >= 0.3 is 0 Å². The lowest BCUT2D eigenvalue weighted by Gasteiger charge is -2.10. The van der Waals surface area contributed by atoms with Crippen LogP contribution in [0.3, 0.4) is 0 Å². The molecule has 0 amide bonds. The minimum absolute atomic E-state index is 0.0460. The van der Waals surface area contributed by atoms with Crippen LogP contribution in [0.2, 0.25) is 5.02 Å². The van der Waals surface area contributed by atoms with Crippen LogP contribution < -0.4 is 10.5 Å². The molecule has 2 rings (SSSR count). The lowest BCUT2D eigenvalue weighted by molar-refractivity contribution is -0.384. The van der Waals surface area contributed by atoms with Crippen LogP contribution in [0.5, 0.6) is 17.2 Å². The highest BCUT2D eigenvalue weighted by molar-refractivity contribution is 6.32. The number of nitrogens with zero attached hydrogens (tertiary/aromatic N) is 1. The summed E-state index contributed by atoms with van der Waals surface area (Å²) in [5.74, 6) is 0.153. The molecule has 7 heteroatoms. The minimum Gasteiger partial charge on any atom is -0.504 e. The van der Waals surface area contributed by atoms with Gasteiger partial charge in [0.2, 0.25) is 0 Å². The van der Waals surface area contributed by atoms with E-state index in [2.05, 4.69) is 0 Å². The summed E-state index contributed by atoms with van der Waals surface area (Å²) in [5, 5.41) is 20.3. The van der Waals surface area contributed by atoms with Crippen LogP contribution in [-0.4, -0.2) is 10.0 Å². The molecule has 98 valence electrons. The fraction of sp³-hybridized carbons (Fsp3) is 0. The van der Waals surface area contributed by atoms with Crippen LogP contribution in [-0.2, 0) is 0 Å². The molecule has 0 radical (unpaired) electrons. The zero-order chi connectivity index (χ0) is 14.0. The molecule has 3 N–H and O–H groups in total. The standard InChI is InChI=1S/C12H9ClN2O4/c13-10-5-7(14)6-11(16)12(10)19-9-3-1-8(2-4-9)15(17)18/h1-6,16H,14H2. The molecule has 19 heavy (non-hydrogen) atoms. The molecule has 6 nitrogen and oxygen atoms in total. The van der Waals surface area contributed by atoms with Gasteiger partial charge in [0.15, 0.2) is 11.5 Å². The Morgan fingerprint density at radius 1 is 1.26 bits per heavy atom. The third-order valence-corrected chi connectivity index (χ3v) is 2.59. The summed E-state index contributed by atoms with van der Waals surface area (Å²) in [6.07, 6.45) is 0. The Morgan fingerprint density at radius 3 is 2.42 bits per heavy atom. The van der Waals surface area contributed by atoms with Gasteiger partial charge in [-0.25, -0.2) is 0 Å². The quantitative estimate of drug-likeness (QED) is 0.510. The first-order chi connectivity index (χ1) is 8.97. The van der Waals surface area contributed by atoms with Gasteiger partial charge in [-0.1, -0.05) is 11.6 Å². The van der Waals surface area contributed by atoms with Gasteiger partial charge in [0, 0.05) is 23.9 Å². The number of ether oxygens (including phenoxy) is 1. The second-order valence-electron chi connectivity index (χ2n) is 3.70. The van der Waals surface area contributed by atoms with Crippen LogP contribution in [0, 0.1) is 10.1 Å². The van der Waals surface area contributed by atoms with Gasteiger partial charge in [-0.05, 0) is 18.2 Å². The lowest BCUT2D eigenvalue weighted by Crippen LogP contribution is -1.91. The zero-order valence-corrected chi connectivity index (χ0v) is 10.3. The van der Waals surface area contributed by atoms with Crippen molar-refractivity contribution in [3.8, 4) is 17.2 Å². The normalized spacial score (nSPS) is 10.2. The smallest absolute Gasteiger partial charge is 0.269 e. The van der Waals surface area contributed by atoms with Crippen molar-refractivity contribution in [1.82, 2.24) is 0 Å². The largest absolute Gasteiger partial charge is 0.504 e. The van der Waals surface area contributed by atoms with Gasteiger partial charge in [-0.3, -0.25) is 10.1 Å². The second-order valence-corrected chi connectivity index (χ2v) is 4.11. The highest BCUT2D eigenvalue weighted by atomic mass is 35.5. The van der Waals surface area contributed by atoms with Crippen molar-refractivity contribution in [2.75, 3.05) is 5.73 Å². The van der Waals surface area contributed by atoms with Gasteiger partial charge in [-0.2, -0.15) is 0 Å². The molecule has 0 aliphatic rings. The van der Waals surface area contributed by atoms with E-state index < -0.39 is 4.92 Å². The average molecular weight is 281 g/mol. The summed E-state index contributed by atoms with van der Waals surface area (Å²) in [7, 11) is 0. The van der Waals surface area contributed by atoms with Crippen LogP contribution in [0.25, 0.3) is 0 Å². The number of non-ortho nitro benzene ring substituents is 1. The minimum atomic E-state index is -0.516. The van der Waals surface area contributed by atoms with E-state index in [1.54, 1.807) is 0 Å². The Bertz CT molecular complexity index is 605. The molecule has 0 aromatic heterocycles. The second kappa shape index (κ2) is 5.03. The summed E-state index contributed by atoms with van der Waals surface area (Å²) < 4.78 is 5.37. The molecule has 0 fully saturated rings. The van der Waals surface area contributed by atoms with Crippen molar-refractivity contribution >= 4 is 23.0 Å². The van der Waals surface area contributed by atoms with E-state index in [9.17, 15) is 15.2 Å². The number of halogens is 1. The molecule has 0 unspecified atom stereocenters. The molecule has 2 aromatic rings. The third kappa shape index (κ3) is 2.86. The number of hydrogen-bond donors (Lipinski definition) is 2. The summed E-state index contributed by atoms with van der Waals surface area (Å²) >= 11 is 5.89. The first-order valence-corrected chi connectivity index (χ1v) is 5.55. The van der Waals surface area contributed by atoms with Crippen molar-refractivity contribution in [3.05, 3.63) is 51.5 Å². The Hall–Kier alpha value is -2.47. The molecule has 0 bridgehead atoms. The number of hydrogen-bond acceptors (Lipinski definition) is 5. The van der Waals surface area contributed by atoms with E-state index in [0.29, 0.717) is 11.4 Å². The number of nitrogen functional groups attached to an aromatic ring is 1. The average Bonchev–Trinajstić information content (AvgIpc) is 2.34. The van der Waals surface area contributed by atoms with Crippen LogP contribution in [0.15, 0.2) is 36.4 Å². The molecule has 0 spiro atoms. The highest BCUT2D eigenvalue weighted by Crippen LogP contribution is 2.39. The first-order valence-electron chi connectivity index (χ1n) is 5.17. The number of phenols is 1. The number of benzene rings is 2. The van der Waals surface area contributed by atoms with Crippen LogP contribution >= 0.6 is 11.6 Å². The molecular formula is C12H9ClN2O4. The van der Waals surface area contributed by atoms with Gasteiger partial charge in [0.25, 0.3) is 5.69 Å². The van der Waals surface area contributed by atoms with E-state index in [4.69, 9.17) is 22.1 Å². The summed E-state index contributed by atoms with van der Waals surface area (Å²) in [6.45, 7) is 0. The Morgan fingerprint density at radius 2 is 1.89 bits per heavy atom. The van der Waals surface area contributed by atoms with Crippen LogP contribution in [0.1, 0.15) is 0 Å². The summed E-state index contributed by atoms with van der Waals surface area (Å²) in [4.78, 5) is 9.99. The summed E-state index contributed by atoms with van der Waals surface area (Å²) in [6, 6.07) is 8.12. The monoisotopic (exact) mass is 280 g/mol. The Balaban J connectivity index is 2.29. The molecule has 0 atom stereocenters. The van der Waals surface area contributed by atoms with Gasteiger partial charge < -0.3 is 15.6 Å². The van der Waals surface area contributed by atoms with Gasteiger partial charge in [0.05, 0.1) is 9.95 Å². The molecule has 0 saturated carbocycles. The maximum absolute atomic E-state index is 10.5. The number of anilines is 1. The predicted octanol–water partition coefficient (Wildman–Crippen LogP) is 3.33. The zero-order valence-electron chi connectivity index (χ0n) is 9.54. The molecule has 2 aromatic carbocycles. The van der Waals surface area contributed by atoms with Crippen molar-refractivity contribution in [2.24, 2.45) is 0 Å². The molecule has 0 heterocycles. The van der Waals surface area contributed by atoms with Crippen molar-refractivity contribution in [1.29, 1.82) is 0 Å². The fourth-order valence-electron chi connectivity index (χ4n) is 1.45. The Labute approximate surface area is 113 Å². The van der Waals surface area contributed by atoms with E-state index in [-0.39, 0.29) is 22.2 Å². The molecular weight excluding hydrogens is 272 g/mol. The maximum atomic E-state index is 10.5. The SMILES string of the molecule is Nc1cc(O)c(Oc2ccc([N+](=O)[O-])cc2)c(Cl)c1. The number of aromatic hydroxyl groups is 1. The molecule has 0 aliphatic heterocycles. The predicted molar refractivity (Wildman–Crippen MR) is 70.7 cm³/mol. The van der Waals surface area contributed by atoms with Crippen molar-refractivity contribution < 1.29 is 14.8 Å². The highest BCUT2D eigenvalue weighted by Gasteiger charge is 2.12. The van der Waals surface area contributed by atoms with Crippen LogP contribution in [0.4, 0.5) is 11.4 Å². The number of nitro groups is 1. The van der Waals surface area contributed by atoms with E-state index >= 15 is 0 Å². The lowest BCUT2D eigenvalue weighted by atomic mass is 10.2.